The van der Waals surface area contributed by atoms with Crippen molar-refractivity contribution in [1.29, 1.82) is 0 Å². The Morgan fingerprint density at radius 2 is 1.86 bits per heavy atom. The summed E-state index contributed by atoms with van der Waals surface area (Å²) in [6.07, 6.45) is 0. The molecule has 5 heteroatoms. The molecule has 2 aromatic rings. The summed E-state index contributed by atoms with van der Waals surface area (Å²) in [5.74, 6) is 1.02. The first-order valence-corrected chi connectivity index (χ1v) is 7.14. The minimum absolute atomic E-state index is 0.195. The number of aryl methyl sites for hydroxylation is 1. The van der Waals surface area contributed by atoms with Crippen molar-refractivity contribution >= 4 is 27.5 Å². The second-order valence-corrected chi connectivity index (χ2v) is 5.34. The van der Waals surface area contributed by atoms with Gasteiger partial charge in [0.25, 0.3) is 5.91 Å². The first kappa shape index (κ1) is 15.4. The molecule has 0 aliphatic carbocycles. The molecule has 2 rings (SSSR count). The van der Waals surface area contributed by atoms with Gasteiger partial charge in [-0.3, -0.25) is 4.79 Å². The van der Waals surface area contributed by atoms with Crippen molar-refractivity contribution in [3.8, 4) is 11.5 Å². The van der Waals surface area contributed by atoms with E-state index >= 15 is 0 Å². The molecule has 4 nitrogen and oxygen atoms in total. The van der Waals surface area contributed by atoms with Gasteiger partial charge in [0.05, 0.1) is 19.9 Å². The van der Waals surface area contributed by atoms with Gasteiger partial charge in [-0.25, -0.2) is 0 Å². The third-order valence-electron chi connectivity index (χ3n) is 3.09. The van der Waals surface area contributed by atoms with Crippen molar-refractivity contribution in [2.24, 2.45) is 0 Å². The lowest BCUT2D eigenvalue weighted by Gasteiger charge is -2.12. The molecule has 2 aromatic carbocycles. The molecule has 0 saturated heterocycles. The van der Waals surface area contributed by atoms with E-state index in [9.17, 15) is 4.79 Å². The highest BCUT2D eigenvalue weighted by atomic mass is 79.9. The zero-order valence-electron chi connectivity index (χ0n) is 12.1. The van der Waals surface area contributed by atoms with Crippen molar-refractivity contribution in [3.05, 3.63) is 52.0 Å². The predicted octanol–water partition coefficient (Wildman–Crippen LogP) is 4.03. The van der Waals surface area contributed by atoms with Crippen LogP contribution in [0.15, 0.2) is 40.9 Å². The van der Waals surface area contributed by atoms with E-state index in [4.69, 9.17) is 9.47 Å². The number of halogens is 1. The maximum absolute atomic E-state index is 12.3. The molecule has 0 saturated carbocycles. The molecule has 0 aliphatic rings. The predicted molar refractivity (Wildman–Crippen MR) is 86.4 cm³/mol. The number of methoxy groups -OCH3 is 2. The Morgan fingerprint density at radius 1 is 1.10 bits per heavy atom. The summed E-state index contributed by atoms with van der Waals surface area (Å²) in [5, 5.41) is 2.84. The highest BCUT2D eigenvalue weighted by Crippen LogP contribution is 2.29. The van der Waals surface area contributed by atoms with Gasteiger partial charge in [-0.1, -0.05) is 22.0 Å². The van der Waals surface area contributed by atoms with E-state index in [0.29, 0.717) is 22.7 Å². The van der Waals surface area contributed by atoms with Crippen LogP contribution < -0.4 is 14.8 Å². The highest BCUT2D eigenvalue weighted by Gasteiger charge is 2.11. The zero-order chi connectivity index (χ0) is 15.4. The van der Waals surface area contributed by atoms with Crippen molar-refractivity contribution in [3.63, 3.8) is 0 Å². The normalized spacial score (nSPS) is 10.1. The van der Waals surface area contributed by atoms with Gasteiger partial charge in [-0.15, -0.1) is 0 Å². The number of carbonyl (C=O) groups is 1. The lowest BCUT2D eigenvalue weighted by molar-refractivity contribution is 0.102. The van der Waals surface area contributed by atoms with Crippen LogP contribution in [0.1, 0.15) is 15.9 Å². The molecule has 0 spiro atoms. The number of amides is 1. The molecular weight excluding hydrogens is 334 g/mol. The van der Waals surface area contributed by atoms with Gasteiger partial charge in [0.15, 0.2) is 0 Å². The molecule has 0 atom stereocenters. The van der Waals surface area contributed by atoms with Crippen molar-refractivity contribution in [2.45, 2.75) is 6.92 Å². The highest BCUT2D eigenvalue weighted by molar-refractivity contribution is 9.10. The number of carbonyl (C=O) groups excluding carboxylic acids is 1. The van der Waals surface area contributed by atoms with Crippen LogP contribution in [0.2, 0.25) is 0 Å². The average molecular weight is 350 g/mol. The topological polar surface area (TPSA) is 47.6 Å². The van der Waals surface area contributed by atoms with Crippen LogP contribution in [-0.4, -0.2) is 20.1 Å². The van der Waals surface area contributed by atoms with Crippen LogP contribution in [0, 0.1) is 6.92 Å². The summed E-state index contributed by atoms with van der Waals surface area (Å²) in [4.78, 5) is 12.3. The Bertz CT molecular complexity index is 671. The number of ether oxygens (including phenoxy) is 2. The molecule has 0 unspecified atom stereocenters. The van der Waals surface area contributed by atoms with Crippen molar-refractivity contribution in [1.82, 2.24) is 0 Å². The number of anilines is 1. The maximum Gasteiger partial charge on any atom is 0.255 e. The van der Waals surface area contributed by atoms with E-state index in [2.05, 4.69) is 21.2 Å². The van der Waals surface area contributed by atoms with Gasteiger partial charge >= 0.3 is 0 Å². The molecule has 0 fully saturated rings. The second kappa shape index (κ2) is 6.63. The molecular formula is C16H16BrNO3. The summed E-state index contributed by atoms with van der Waals surface area (Å²) < 4.78 is 11.3. The van der Waals surface area contributed by atoms with E-state index in [-0.39, 0.29) is 5.91 Å². The van der Waals surface area contributed by atoms with E-state index in [1.807, 2.05) is 13.0 Å². The van der Waals surface area contributed by atoms with E-state index in [0.717, 1.165) is 10.0 Å². The zero-order valence-corrected chi connectivity index (χ0v) is 13.7. The lowest BCUT2D eigenvalue weighted by atomic mass is 10.1. The first-order valence-electron chi connectivity index (χ1n) is 6.34. The maximum atomic E-state index is 12.3. The molecule has 0 aliphatic heterocycles. The smallest absolute Gasteiger partial charge is 0.255 e. The Hall–Kier alpha value is -2.01. The van der Waals surface area contributed by atoms with Crippen LogP contribution in [-0.2, 0) is 0 Å². The SMILES string of the molecule is COc1ccc(NC(=O)c2ccc(C)c(Br)c2)c(OC)c1. The molecule has 0 radical (unpaired) electrons. The van der Waals surface area contributed by atoms with Crippen LogP contribution in [0.5, 0.6) is 11.5 Å². The quantitative estimate of drug-likeness (QED) is 0.906. The second-order valence-electron chi connectivity index (χ2n) is 4.48. The molecule has 110 valence electrons. The number of hydrogen-bond acceptors (Lipinski definition) is 3. The molecule has 1 N–H and O–H groups in total. The Labute approximate surface area is 132 Å². The van der Waals surface area contributed by atoms with Crippen LogP contribution >= 0.6 is 15.9 Å². The largest absolute Gasteiger partial charge is 0.497 e. The summed E-state index contributed by atoms with van der Waals surface area (Å²) in [7, 11) is 3.13. The van der Waals surface area contributed by atoms with Gasteiger partial charge in [0, 0.05) is 16.1 Å². The minimum Gasteiger partial charge on any atom is -0.497 e. The van der Waals surface area contributed by atoms with Gasteiger partial charge in [0.1, 0.15) is 11.5 Å². The number of benzene rings is 2. The Balaban J connectivity index is 2.24. The number of rotatable bonds is 4. The van der Waals surface area contributed by atoms with E-state index < -0.39 is 0 Å². The molecule has 0 heterocycles. The molecule has 0 bridgehead atoms. The van der Waals surface area contributed by atoms with Crippen LogP contribution in [0.25, 0.3) is 0 Å². The third-order valence-corrected chi connectivity index (χ3v) is 3.95. The van der Waals surface area contributed by atoms with Gasteiger partial charge in [-0.2, -0.15) is 0 Å². The fourth-order valence-corrected chi connectivity index (χ4v) is 2.21. The molecule has 21 heavy (non-hydrogen) atoms. The van der Waals surface area contributed by atoms with Gasteiger partial charge in [-0.05, 0) is 36.8 Å². The van der Waals surface area contributed by atoms with E-state index in [1.54, 1.807) is 44.6 Å². The Morgan fingerprint density at radius 3 is 2.48 bits per heavy atom. The summed E-state index contributed by atoms with van der Waals surface area (Å²) >= 11 is 3.43. The van der Waals surface area contributed by atoms with Crippen LogP contribution in [0.3, 0.4) is 0 Å². The fraction of sp³-hybridized carbons (Fsp3) is 0.188. The van der Waals surface area contributed by atoms with Crippen LogP contribution in [0.4, 0.5) is 5.69 Å². The number of hydrogen-bond donors (Lipinski definition) is 1. The van der Waals surface area contributed by atoms with Crippen molar-refractivity contribution < 1.29 is 14.3 Å². The molecule has 0 aromatic heterocycles. The number of nitrogens with one attached hydrogen (secondary N) is 1. The summed E-state index contributed by atoms with van der Waals surface area (Å²) in [6, 6.07) is 10.7. The average Bonchev–Trinajstić information content (AvgIpc) is 2.50. The first-order chi connectivity index (χ1) is 10.0. The summed E-state index contributed by atoms with van der Waals surface area (Å²) in [6.45, 7) is 1.97. The third kappa shape index (κ3) is 3.55. The summed E-state index contributed by atoms with van der Waals surface area (Å²) in [5.41, 5.74) is 2.25. The molecule has 1 amide bonds. The minimum atomic E-state index is -0.195. The van der Waals surface area contributed by atoms with Gasteiger partial charge < -0.3 is 14.8 Å². The monoisotopic (exact) mass is 349 g/mol. The lowest BCUT2D eigenvalue weighted by Crippen LogP contribution is -2.12. The Kier molecular flexibility index (Phi) is 4.85. The fourth-order valence-electron chi connectivity index (χ4n) is 1.83. The van der Waals surface area contributed by atoms with Gasteiger partial charge in [0.2, 0.25) is 0 Å². The van der Waals surface area contributed by atoms with E-state index in [1.165, 1.54) is 0 Å². The standard InChI is InChI=1S/C16H16BrNO3/c1-10-4-5-11(8-13(10)17)16(19)18-14-7-6-12(20-2)9-15(14)21-3/h4-9H,1-3H3,(H,18,19). The van der Waals surface area contributed by atoms with Crippen molar-refractivity contribution in [2.75, 3.05) is 19.5 Å².